The highest BCUT2D eigenvalue weighted by Crippen LogP contribution is 2.25. The highest BCUT2D eigenvalue weighted by atomic mass is 16.1. The summed E-state index contributed by atoms with van der Waals surface area (Å²) in [7, 11) is 0. The van der Waals surface area contributed by atoms with Crippen molar-refractivity contribution in [3.63, 3.8) is 0 Å². The first kappa shape index (κ1) is 18.6. The Morgan fingerprint density at radius 1 is 0.963 bits per heavy atom. The predicted octanol–water partition coefficient (Wildman–Crippen LogP) is 4.79. The minimum absolute atomic E-state index is 0.119. The maximum Gasteiger partial charge on any atom is 0.253 e. The molecule has 1 N–H and O–H groups in total. The van der Waals surface area contributed by atoms with Crippen molar-refractivity contribution in [3.05, 3.63) is 89.2 Å². The highest BCUT2D eigenvalue weighted by molar-refractivity contribution is 5.94. The van der Waals surface area contributed by atoms with E-state index in [-0.39, 0.29) is 5.91 Å². The van der Waals surface area contributed by atoms with E-state index in [1.54, 1.807) is 12.4 Å². The summed E-state index contributed by atoms with van der Waals surface area (Å²) >= 11 is 0. The highest BCUT2D eigenvalue weighted by Gasteiger charge is 2.12. The second-order valence-corrected chi connectivity index (χ2v) is 6.69. The molecule has 0 fully saturated rings. The summed E-state index contributed by atoms with van der Waals surface area (Å²) in [6.07, 6.45) is 3.41. The quantitative estimate of drug-likeness (QED) is 0.688. The number of aryl methyl sites for hydroxylation is 2. The Kier molecular flexibility index (Phi) is 5.87. The van der Waals surface area contributed by atoms with Crippen LogP contribution in [0.5, 0.6) is 0 Å². The molecule has 0 unspecified atom stereocenters. The lowest BCUT2D eigenvalue weighted by Gasteiger charge is -2.23. The third-order valence-electron chi connectivity index (χ3n) is 4.46. The minimum atomic E-state index is -0.119. The SMILES string of the molecule is CCN(c1cccc(C)c1)c1cncc(C(=O)NCc2cccc(C)c2)c1. The topological polar surface area (TPSA) is 45.2 Å². The number of carbonyl (C=O) groups is 1. The number of amides is 1. The molecule has 0 aliphatic heterocycles. The first-order valence-electron chi connectivity index (χ1n) is 9.20. The summed E-state index contributed by atoms with van der Waals surface area (Å²) < 4.78 is 0. The molecule has 4 nitrogen and oxygen atoms in total. The summed E-state index contributed by atoms with van der Waals surface area (Å²) in [6, 6.07) is 18.3. The lowest BCUT2D eigenvalue weighted by molar-refractivity contribution is 0.0950. The van der Waals surface area contributed by atoms with Gasteiger partial charge in [-0.1, -0.05) is 42.0 Å². The molecule has 0 atom stereocenters. The first-order valence-corrected chi connectivity index (χ1v) is 9.20. The van der Waals surface area contributed by atoms with E-state index in [9.17, 15) is 4.79 Å². The van der Waals surface area contributed by atoms with Gasteiger partial charge < -0.3 is 10.2 Å². The molecule has 138 valence electrons. The Balaban J connectivity index is 1.76. The Hall–Kier alpha value is -3.14. The third-order valence-corrected chi connectivity index (χ3v) is 4.46. The van der Waals surface area contributed by atoms with Crippen molar-refractivity contribution < 1.29 is 4.79 Å². The van der Waals surface area contributed by atoms with Crippen LogP contribution < -0.4 is 10.2 Å². The molecule has 0 saturated carbocycles. The van der Waals surface area contributed by atoms with Crippen LogP contribution in [0, 0.1) is 13.8 Å². The van der Waals surface area contributed by atoms with Crippen molar-refractivity contribution in [1.82, 2.24) is 10.3 Å². The van der Waals surface area contributed by atoms with E-state index in [4.69, 9.17) is 0 Å². The zero-order valence-electron chi connectivity index (χ0n) is 16.1. The molecule has 0 spiro atoms. The van der Waals surface area contributed by atoms with Gasteiger partial charge in [-0.2, -0.15) is 0 Å². The second kappa shape index (κ2) is 8.49. The van der Waals surface area contributed by atoms with Gasteiger partial charge in [0.25, 0.3) is 5.91 Å². The number of aromatic nitrogens is 1. The summed E-state index contributed by atoms with van der Waals surface area (Å²) in [6.45, 7) is 7.50. The number of carbonyl (C=O) groups excluding carboxylic acids is 1. The Morgan fingerprint density at radius 3 is 2.41 bits per heavy atom. The lowest BCUT2D eigenvalue weighted by Crippen LogP contribution is -2.24. The lowest BCUT2D eigenvalue weighted by atomic mass is 10.1. The molecule has 0 aliphatic rings. The van der Waals surface area contributed by atoms with Crippen LogP contribution in [0.2, 0.25) is 0 Å². The number of hydrogen-bond donors (Lipinski definition) is 1. The van der Waals surface area contributed by atoms with Crippen LogP contribution >= 0.6 is 0 Å². The molecule has 0 bridgehead atoms. The van der Waals surface area contributed by atoms with E-state index >= 15 is 0 Å². The molecule has 1 aromatic heterocycles. The summed E-state index contributed by atoms with van der Waals surface area (Å²) in [4.78, 5) is 19.0. The van der Waals surface area contributed by atoms with Gasteiger partial charge in [-0.25, -0.2) is 0 Å². The zero-order valence-corrected chi connectivity index (χ0v) is 16.1. The first-order chi connectivity index (χ1) is 13.1. The normalized spacial score (nSPS) is 10.5. The molecular formula is C23H25N3O. The number of pyridine rings is 1. The van der Waals surface area contributed by atoms with Crippen LogP contribution in [0.25, 0.3) is 0 Å². The largest absolute Gasteiger partial charge is 0.348 e. The fourth-order valence-electron chi connectivity index (χ4n) is 3.12. The number of rotatable bonds is 6. The maximum atomic E-state index is 12.6. The van der Waals surface area contributed by atoms with Crippen LogP contribution in [0.15, 0.2) is 67.0 Å². The molecule has 3 aromatic rings. The molecule has 0 radical (unpaired) electrons. The predicted molar refractivity (Wildman–Crippen MR) is 110 cm³/mol. The average Bonchev–Trinajstić information content (AvgIpc) is 2.67. The molecule has 1 amide bonds. The van der Waals surface area contributed by atoms with Gasteiger partial charge in [-0.3, -0.25) is 9.78 Å². The molecule has 0 saturated heterocycles. The summed E-state index contributed by atoms with van der Waals surface area (Å²) in [5.41, 5.74) is 6.03. The van der Waals surface area contributed by atoms with Gasteiger partial charge in [0.1, 0.15) is 0 Å². The minimum Gasteiger partial charge on any atom is -0.348 e. The van der Waals surface area contributed by atoms with Crippen LogP contribution in [-0.2, 0) is 6.54 Å². The molecule has 2 aromatic carbocycles. The van der Waals surface area contributed by atoms with Gasteiger partial charge in [0.2, 0.25) is 0 Å². The van der Waals surface area contributed by atoms with E-state index in [1.807, 2.05) is 37.3 Å². The summed E-state index contributed by atoms with van der Waals surface area (Å²) in [5, 5.41) is 2.98. The zero-order chi connectivity index (χ0) is 19.2. The molecular weight excluding hydrogens is 334 g/mol. The molecule has 1 heterocycles. The smallest absolute Gasteiger partial charge is 0.253 e. The van der Waals surface area contributed by atoms with E-state index in [0.29, 0.717) is 12.1 Å². The fourth-order valence-corrected chi connectivity index (χ4v) is 3.12. The van der Waals surface area contributed by atoms with Gasteiger partial charge in [-0.15, -0.1) is 0 Å². The fraction of sp³-hybridized carbons (Fsp3) is 0.217. The van der Waals surface area contributed by atoms with E-state index in [2.05, 4.69) is 53.3 Å². The van der Waals surface area contributed by atoms with Crippen molar-refractivity contribution in [2.24, 2.45) is 0 Å². The van der Waals surface area contributed by atoms with Crippen LogP contribution in [-0.4, -0.2) is 17.4 Å². The standard InChI is InChI=1S/C23H25N3O/c1-4-26(21-10-6-8-18(3)12-21)22-13-20(15-24-16-22)23(27)25-14-19-9-5-7-17(2)11-19/h5-13,15-16H,4,14H2,1-3H3,(H,25,27). The second-order valence-electron chi connectivity index (χ2n) is 6.69. The van der Waals surface area contributed by atoms with Crippen molar-refractivity contribution in [1.29, 1.82) is 0 Å². The average molecular weight is 359 g/mol. The van der Waals surface area contributed by atoms with Gasteiger partial charge in [0, 0.05) is 25.0 Å². The Bertz CT molecular complexity index is 936. The number of anilines is 2. The number of benzene rings is 2. The van der Waals surface area contributed by atoms with E-state index in [1.165, 1.54) is 11.1 Å². The Labute approximate surface area is 160 Å². The van der Waals surface area contributed by atoms with Crippen molar-refractivity contribution >= 4 is 17.3 Å². The molecule has 4 heteroatoms. The number of nitrogens with zero attached hydrogens (tertiary/aromatic N) is 2. The molecule has 3 rings (SSSR count). The van der Waals surface area contributed by atoms with E-state index < -0.39 is 0 Å². The molecule has 27 heavy (non-hydrogen) atoms. The monoisotopic (exact) mass is 359 g/mol. The van der Waals surface area contributed by atoms with Gasteiger partial charge in [0.15, 0.2) is 0 Å². The molecule has 0 aliphatic carbocycles. The van der Waals surface area contributed by atoms with Crippen molar-refractivity contribution in [3.8, 4) is 0 Å². The van der Waals surface area contributed by atoms with Gasteiger partial charge in [0.05, 0.1) is 17.4 Å². The van der Waals surface area contributed by atoms with E-state index in [0.717, 1.165) is 23.5 Å². The van der Waals surface area contributed by atoms with Crippen LogP contribution in [0.3, 0.4) is 0 Å². The number of nitrogens with one attached hydrogen (secondary N) is 1. The van der Waals surface area contributed by atoms with Gasteiger partial charge >= 0.3 is 0 Å². The van der Waals surface area contributed by atoms with Crippen molar-refractivity contribution in [2.45, 2.75) is 27.3 Å². The maximum absolute atomic E-state index is 12.6. The number of hydrogen-bond acceptors (Lipinski definition) is 3. The van der Waals surface area contributed by atoms with Crippen molar-refractivity contribution in [2.75, 3.05) is 11.4 Å². The summed E-state index contributed by atoms with van der Waals surface area (Å²) in [5.74, 6) is -0.119. The van der Waals surface area contributed by atoms with Crippen LogP contribution in [0.4, 0.5) is 11.4 Å². The van der Waals surface area contributed by atoms with Crippen LogP contribution in [0.1, 0.15) is 34.0 Å². The third kappa shape index (κ3) is 4.73. The van der Waals surface area contributed by atoms with Gasteiger partial charge in [-0.05, 0) is 50.1 Å². The Morgan fingerprint density at radius 2 is 1.70 bits per heavy atom.